The fourth-order valence-corrected chi connectivity index (χ4v) is 5.26. The lowest BCUT2D eigenvalue weighted by molar-refractivity contribution is -0.155. The minimum Gasteiger partial charge on any atom is -0.454 e. The zero-order valence-electron chi connectivity index (χ0n) is 28.4. The smallest absolute Gasteiger partial charge is 0.408 e. The number of carbonyl (C=O) groups excluding carboxylic acids is 4. The molecule has 3 amide bonds. The van der Waals surface area contributed by atoms with Crippen LogP contribution in [0.3, 0.4) is 0 Å². The molecular weight excluding hydrogens is 638 g/mol. The Morgan fingerprint density at radius 3 is 1.98 bits per heavy atom. The molecule has 0 heterocycles. The van der Waals surface area contributed by atoms with Crippen LogP contribution in [0.2, 0.25) is 0 Å². The molecular formula is C39H47N3O8. The summed E-state index contributed by atoms with van der Waals surface area (Å²) in [5.41, 5.74) is 2.29. The summed E-state index contributed by atoms with van der Waals surface area (Å²) in [4.78, 5) is 53.0. The van der Waals surface area contributed by atoms with Crippen LogP contribution in [0.4, 0.5) is 4.79 Å². The van der Waals surface area contributed by atoms with Gasteiger partial charge in [-0.15, -0.1) is 13.2 Å². The van der Waals surface area contributed by atoms with Gasteiger partial charge in [0.15, 0.2) is 0 Å². The second-order valence-electron chi connectivity index (χ2n) is 11.7. The molecule has 0 aliphatic carbocycles. The summed E-state index contributed by atoms with van der Waals surface area (Å²) in [5.74, 6) is -2.48. The molecule has 0 bridgehead atoms. The van der Waals surface area contributed by atoms with Crippen molar-refractivity contribution in [3.63, 3.8) is 0 Å². The van der Waals surface area contributed by atoms with E-state index in [9.17, 15) is 24.3 Å². The number of aliphatic hydroxyl groups excluding tert-OH is 1. The second-order valence-corrected chi connectivity index (χ2v) is 11.7. The Balaban J connectivity index is 1.74. The lowest BCUT2D eigenvalue weighted by atomic mass is 9.97. The van der Waals surface area contributed by atoms with E-state index in [0.717, 1.165) is 11.1 Å². The molecule has 50 heavy (non-hydrogen) atoms. The number of alkyl carbamates (subject to hydrolysis) is 1. The van der Waals surface area contributed by atoms with E-state index in [1.54, 1.807) is 48.5 Å². The molecule has 266 valence electrons. The Hall–Kier alpha value is -5.26. The van der Waals surface area contributed by atoms with Crippen molar-refractivity contribution in [2.75, 3.05) is 20.3 Å². The van der Waals surface area contributed by atoms with Crippen LogP contribution in [0.25, 0.3) is 0 Å². The van der Waals surface area contributed by atoms with Crippen LogP contribution in [0, 0.1) is 5.92 Å². The van der Waals surface area contributed by atoms with Crippen LogP contribution >= 0.6 is 0 Å². The molecule has 0 saturated carbocycles. The van der Waals surface area contributed by atoms with Crippen molar-refractivity contribution in [3.05, 3.63) is 133 Å². The van der Waals surface area contributed by atoms with Crippen LogP contribution < -0.4 is 16.0 Å². The molecule has 0 spiro atoms. The van der Waals surface area contributed by atoms with Gasteiger partial charge in [0.1, 0.15) is 18.8 Å². The predicted octanol–water partition coefficient (Wildman–Crippen LogP) is 4.58. The highest BCUT2D eigenvalue weighted by molar-refractivity contribution is 5.86. The maximum Gasteiger partial charge on any atom is 0.408 e. The third kappa shape index (κ3) is 13.3. The van der Waals surface area contributed by atoms with E-state index in [0.29, 0.717) is 12.0 Å². The van der Waals surface area contributed by atoms with Gasteiger partial charge in [0.25, 0.3) is 0 Å². The first kappa shape index (κ1) is 39.2. The monoisotopic (exact) mass is 685 g/mol. The summed E-state index contributed by atoms with van der Waals surface area (Å²) < 4.78 is 16.7. The number of allylic oxidation sites excluding steroid dienone is 1. The van der Waals surface area contributed by atoms with Crippen molar-refractivity contribution in [1.82, 2.24) is 16.0 Å². The van der Waals surface area contributed by atoms with Gasteiger partial charge in [0.2, 0.25) is 11.8 Å². The van der Waals surface area contributed by atoms with Gasteiger partial charge in [-0.3, -0.25) is 9.59 Å². The van der Waals surface area contributed by atoms with E-state index in [1.165, 1.54) is 13.2 Å². The van der Waals surface area contributed by atoms with Crippen LogP contribution in [0.1, 0.15) is 42.1 Å². The first-order valence-electron chi connectivity index (χ1n) is 16.5. The van der Waals surface area contributed by atoms with Crippen molar-refractivity contribution in [2.45, 2.75) is 56.5 Å². The molecule has 3 aromatic carbocycles. The lowest BCUT2D eigenvalue weighted by Gasteiger charge is -2.30. The summed E-state index contributed by atoms with van der Waals surface area (Å²) in [6, 6.07) is 24.8. The van der Waals surface area contributed by atoms with Gasteiger partial charge < -0.3 is 35.3 Å². The highest BCUT2D eigenvalue weighted by Gasteiger charge is 2.34. The number of aliphatic hydroxyl groups is 1. The van der Waals surface area contributed by atoms with E-state index < -0.39 is 54.0 Å². The van der Waals surface area contributed by atoms with Crippen LogP contribution in [-0.4, -0.2) is 67.4 Å². The minimum atomic E-state index is -1.13. The summed E-state index contributed by atoms with van der Waals surface area (Å²) in [6.07, 6.45) is 1.67. The summed E-state index contributed by atoms with van der Waals surface area (Å²) in [7, 11) is 1.45. The van der Waals surface area contributed by atoms with E-state index in [-0.39, 0.29) is 39.1 Å². The van der Waals surface area contributed by atoms with Gasteiger partial charge in [-0.25, -0.2) is 9.59 Å². The second kappa shape index (κ2) is 21.7. The van der Waals surface area contributed by atoms with Crippen molar-refractivity contribution in [3.8, 4) is 0 Å². The van der Waals surface area contributed by atoms with E-state index in [1.807, 2.05) is 48.5 Å². The molecule has 4 N–H and O–H groups in total. The lowest BCUT2D eigenvalue weighted by Crippen LogP contribution is -2.49. The normalized spacial score (nSPS) is 13.7. The summed E-state index contributed by atoms with van der Waals surface area (Å²) >= 11 is 0. The molecule has 11 heteroatoms. The Kier molecular flexibility index (Phi) is 17.0. The van der Waals surface area contributed by atoms with Gasteiger partial charge in [-0.2, -0.15) is 0 Å². The minimum absolute atomic E-state index is 0.00863. The van der Waals surface area contributed by atoms with E-state index in [2.05, 4.69) is 29.1 Å². The maximum absolute atomic E-state index is 13.7. The van der Waals surface area contributed by atoms with Gasteiger partial charge in [0, 0.05) is 13.5 Å². The molecule has 3 rings (SSSR count). The number of amides is 3. The van der Waals surface area contributed by atoms with Crippen LogP contribution in [0.15, 0.2) is 116 Å². The number of rotatable bonds is 21. The summed E-state index contributed by atoms with van der Waals surface area (Å²) in [6.45, 7) is 7.14. The number of methoxy groups -OCH3 is 1. The zero-order chi connectivity index (χ0) is 36.1. The molecule has 0 unspecified atom stereocenters. The average molecular weight is 686 g/mol. The summed E-state index contributed by atoms with van der Waals surface area (Å²) in [5, 5.41) is 18.2. The molecule has 0 aliphatic heterocycles. The Morgan fingerprint density at radius 1 is 0.800 bits per heavy atom. The average Bonchev–Trinajstić information content (AvgIpc) is 3.13. The van der Waals surface area contributed by atoms with Crippen molar-refractivity contribution < 1.29 is 38.5 Å². The third-order valence-corrected chi connectivity index (χ3v) is 7.77. The van der Waals surface area contributed by atoms with E-state index in [4.69, 9.17) is 14.2 Å². The number of esters is 1. The zero-order valence-corrected chi connectivity index (χ0v) is 28.4. The number of hydrogen-bond donors (Lipinski definition) is 4. The van der Waals surface area contributed by atoms with Crippen molar-refractivity contribution in [1.29, 1.82) is 0 Å². The molecule has 0 saturated heterocycles. The van der Waals surface area contributed by atoms with Gasteiger partial charge in [-0.1, -0.05) is 103 Å². The standard InChI is InChI=1S/C39H47N3O8/c1-4-15-31(24-35(44)40-32(25-43)23-28-17-9-6-10-18-28)37(45)41-34(27-48-3)36(30-21-13-8-14-22-30)50-38(46)33(16-5-2)42-39(47)49-26-29-19-11-7-12-20-29/h4-14,17-22,31-34,36,43H,1-2,15-16,23-27H2,3H3,(H,40,44)(H,41,45)(H,42,47)/t31-,32+,33+,34-,36-/m0/s1. The predicted molar refractivity (Wildman–Crippen MR) is 190 cm³/mol. The third-order valence-electron chi connectivity index (χ3n) is 7.77. The number of carbonyl (C=O) groups is 4. The van der Waals surface area contributed by atoms with Gasteiger partial charge in [0.05, 0.1) is 31.2 Å². The highest BCUT2D eigenvalue weighted by atomic mass is 16.6. The Bertz CT molecular complexity index is 1500. The molecule has 0 radical (unpaired) electrons. The largest absolute Gasteiger partial charge is 0.454 e. The Labute approximate surface area is 293 Å². The van der Waals surface area contributed by atoms with Crippen LogP contribution in [-0.2, 0) is 41.6 Å². The number of ether oxygens (including phenoxy) is 3. The highest BCUT2D eigenvalue weighted by Crippen LogP contribution is 2.24. The topological polar surface area (TPSA) is 152 Å². The fourth-order valence-electron chi connectivity index (χ4n) is 5.26. The maximum atomic E-state index is 13.7. The molecule has 0 aromatic heterocycles. The number of benzene rings is 3. The van der Waals surface area contributed by atoms with Crippen molar-refractivity contribution >= 4 is 23.9 Å². The van der Waals surface area contributed by atoms with E-state index >= 15 is 0 Å². The fraction of sp³-hybridized carbons (Fsp3) is 0.333. The molecule has 5 atom stereocenters. The van der Waals surface area contributed by atoms with Gasteiger partial charge >= 0.3 is 12.1 Å². The SMILES string of the molecule is C=CC[C@@H](CC(=O)N[C@@H](CO)Cc1ccccc1)C(=O)N[C@@H](COC)[C@@H](OC(=O)[C@@H](CC=C)NC(=O)OCc1ccccc1)c1ccccc1. The first-order valence-corrected chi connectivity index (χ1v) is 16.5. The first-order chi connectivity index (χ1) is 24.3. The quantitative estimate of drug-likeness (QED) is 0.0940. The van der Waals surface area contributed by atoms with Crippen molar-refractivity contribution in [2.24, 2.45) is 5.92 Å². The number of hydrogen-bond acceptors (Lipinski definition) is 8. The molecule has 11 nitrogen and oxygen atoms in total. The number of nitrogens with one attached hydrogen (secondary N) is 3. The Morgan fingerprint density at radius 2 is 1.40 bits per heavy atom. The van der Waals surface area contributed by atoms with Gasteiger partial charge in [-0.05, 0) is 36.0 Å². The molecule has 0 aliphatic rings. The molecule has 3 aromatic rings. The van der Waals surface area contributed by atoms with Crippen LogP contribution in [0.5, 0.6) is 0 Å². The molecule has 0 fully saturated rings.